The smallest absolute Gasteiger partial charge is 0.241 e. The Balaban J connectivity index is 3.18. The first-order valence-corrected chi connectivity index (χ1v) is 8.06. The second kappa shape index (κ2) is 5.93. The molecule has 0 aliphatic rings. The van der Waals surface area contributed by atoms with Crippen LogP contribution < -0.4 is 10.5 Å². The Bertz CT molecular complexity index is 605. The second-order valence-corrected chi connectivity index (χ2v) is 7.17. The van der Waals surface area contributed by atoms with Crippen LogP contribution in [0, 0.1) is 0 Å². The summed E-state index contributed by atoms with van der Waals surface area (Å²) in [5.74, 6) is 0. The van der Waals surface area contributed by atoms with Gasteiger partial charge in [0, 0.05) is 0 Å². The zero-order valence-corrected chi connectivity index (χ0v) is 13.6. The first-order valence-electron chi connectivity index (χ1n) is 5.41. The van der Waals surface area contributed by atoms with Crippen LogP contribution in [0.4, 0.5) is 0 Å². The molecule has 3 N–H and O–H groups in total. The van der Waals surface area contributed by atoms with Crippen molar-refractivity contribution in [3.05, 3.63) is 28.2 Å². The minimum absolute atomic E-state index is 0.0119. The van der Waals surface area contributed by atoms with Crippen molar-refractivity contribution in [2.45, 2.75) is 30.7 Å². The molecular formula is C11H14Cl2N2O2S2. The van der Waals surface area contributed by atoms with Crippen LogP contribution >= 0.6 is 35.4 Å². The fourth-order valence-electron chi connectivity index (χ4n) is 1.30. The van der Waals surface area contributed by atoms with Gasteiger partial charge in [-0.2, -0.15) is 4.72 Å². The van der Waals surface area contributed by atoms with Gasteiger partial charge in [-0.1, -0.05) is 42.3 Å². The van der Waals surface area contributed by atoms with Gasteiger partial charge >= 0.3 is 0 Å². The summed E-state index contributed by atoms with van der Waals surface area (Å²) in [5.41, 5.74) is 4.59. The Kier molecular flexibility index (Phi) is 5.20. The number of hydrogen-bond donors (Lipinski definition) is 2. The van der Waals surface area contributed by atoms with E-state index in [0.717, 1.165) is 0 Å². The van der Waals surface area contributed by atoms with Gasteiger partial charge < -0.3 is 5.73 Å². The van der Waals surface area contributed by atoms with Crippen LogP contribution in [0.15, 0.2) is 23.1 Å². The summed E-state index contributed by atoms with van der Waals surface area (Å²) in [6, 6.07) is 4.07. The Hall–Kier alpha value is -0.400. The maximum atomic E-state index is 12.2. The quantitative estimate of drug-likeness (QED) is 0.808. The predicted molar refractivity (Wildman–Crippen MR) is 82.3 cm³/mol. The third-order valence-electron chi connectivity index (χ3n) is 2.81. The number of hydrogen-bond acceptors (Lipinski definition) is 3. The number of rotatable bonds is 5. The Morgan fingerprint density at radius 1 is 1.42 bits per heavy atom. The van der Waals surface area contributed by atoms with Crippen LogP contribution in [-0.2, 0) is 10.0 Å². The van der Waals surface area contributed by atoms with Gasteiger partial charge in [0.05, 0.1) is 25.5 Å². The fourth-order valence-corrected chi connectivity index (χ4v) is 3.40. The van der Waals surface area contributed by atoms with Crippen molar-refractivity contribution in [2.75, 3.05) is 0 Å². The van der Waals surface area contributed by atoms with Crippen molar-refractivity contribution in [1.82, 2.24) is 4.72 Å². The molecule has 0 amide bonds. The Morgan fingerprint density at radius 3 is 2.42 bits per heavy atom. The van der Waals surface area contributed by atoms with Crippen molar-refractivity contribution in [1.29, 1.82) is 0 Å². The predicted octanol–water partition coefficient (Wildman–Crippen LogP) is 2.73. The van der Waals surface area contributed by atoms with E-state index in [4.69, 9.17) is 41.2 Å². The maximum Gasteiger partial charge on any atom is 0.241 e. The van der Waals surface area contributed by atoms with E-state index in [9.17, 15) is 8.42 Å². The van der Waals surface area contributed by atoms with Crippen LogP contribution in [-0.4, -0.2) is 18.9 Å². The van der Waals surface area contributed by atoms with E-state index >= 15 is 0 Å². The molecule has 0 fully saturated rings. The molecule has 1 atom stereocenters. The highest BCUT2D eigenvalue weighted by Gasteiger charge is 2.32. The molecular weight excluding hydrogens is 327 g/mol. The average Bonchev–Trinajstić information content (AvgIpc) is 2.31. The first-order chi connectivity index (χ1) is 8.62. The molecule has 106 valence electrons. The molecule has 0 spiro atoms. The van der Waals surface area contributed by atoms with Gasteiger partial charge in [0.1, 0.15) is 0 Å². The van der Waals surface area contributed by atoms with Gasteiger partial charge in [-0.15, -0.1) is 0 Å². The van der Waals surface area contributed by atoms with E-state index in [0.29, 0.717) is 6.42 Å². The molecule has 19 heavy (non-hydrogen) atoms. The lowest BCUT2D eigenvalue weighted by Gasteiger charge is -2.27. The minimum atomic E-state index is -3.77. The number of nitrogens with two attached hydrogens (primary N) is 1. The van der Waals surface area contributed by atoms with Gasteiger partial charge in [0.15, 0.2) is 0 Å². The molecule has 4 nitrogen and oxygen atoms in total. The van der Waals surface area contributed by atoms with Crippen LogP contribution in [0.25, 0.3) is 0 Å². The van der Waals surface area contributed by atoms with Crippen LogP contribution in [0.5, 0.6) is 0 Å². The molecule has 0 bridgehead atoms. The molecule has 0 saturated heterocycles. The lowest BCUT2D eigenvalue weighted by atomic mass is 10.0. The first kappa shape index (κ1) is 16.7. The molecule has 1 aromatic rings. The zero-order chi connectivity index (χ0) is 14.8. The van der Waals surface area contributed by atoms with Crippen molar-refractivity contribution in [2.24, 2.45) is 5.73 Å². The Labute approximate surface area is 128 Å². The molecule has 8 heteroatoms. The van der Waals surface area contributed by atoms with Gasteiger partial charge in [0.2, 0.25) is 10.0 Å². The number of benzene rings is 1. The third kappa shape index (κ3) is 3.79. The van der Waals surface area contributed by atoms with Crippen LogP contribution in [0.1, 0.15) is 20.3 Å². The number of thiocarbonyl (C=S) groups is 1. The summed E-state index contributed by atoms with van der Waals surface area (Å²) in [4.78, 5) is 0.0939. The van der Waals surface area contributed by atoms with E-state index in [2.05, 4.69) is 4.72 Å². The minimum Gasteiger partial charge on any atom is -0.392 e. The molecule has 0 heterocycles. The van der Waals surface area contributed by atoms with Crippen molar-refractivity contribution < 1.29 is 8.42 Å². The summed E-state index contributed by atoms with van der Waals surface area (Å²) in [7, 11) is -3.77. The highest BCUT2D eigenvalue weighted by atomic mass is 35.5. The molecule has 0 radical (unpaired) electrons. The van der Waals surface area contributed by atoms with Crippen molar-refractivity contribution >= 4 is 50.4 Å². The lowest BCUT2D eigenvalue weighted by molar-refractivity contribution is 0.511. The van der Waals surface area contributed by atoms with Crippen molar-refractivity contribution in [3.63, 3.8) is 0 Å². The summed E-state index contributed by atoms with van der Waals surface area (Å²) in [6.45, 7) is 3.42. The monoisotopic (exact) mass is 340 g/mol. The third-order valence-corrected chi connectivity index (χ3v) is 5.60. The highest BCUT2D eigenvalue weighted by molar-refractivity contribution is 7.89. The summed E-state index contributed by atoms with van der Waals surface area (Å²) < 4.78 is 27.0. The molecule has 1 rings (SSSR count). The fraction of sp³-hybridized carbons (Fsp3) is 0.364. The largest absolute Gasteiger partial charge is 0.392 e. The zero-order valence-electron chi connectivity index (χ0n) is 10.4. The average molecular weight is 341 g/mol. The second-order valence-electron chi connectivity index (χ2n) is 4.23. The van der Waals surface area contributed by atoms with Gasteiger partial charge in [-0.25, -0.2) is 8.42 Å². The van der Waals surface area contributed by atoms with Gasteiger partial charge in [0.25, 0.3) is 0 Å². The van der Waals surface area contributed by atoms with E-state index in [-0.39, 0.29) is 19.9 Å². The van der Waals surface area contributed by atoms with E-state index in [1.807, 2.05) is 0 Å². The van der Waals surface area contributed by atoms with Crippen LogP contribution in [0.2, 0.25) is 10.0 Å². The van der Waals surface area contributed by atoms with Crippen LogP contribution in [0.3, 0.4) is 0 Å². The summed E-state index contributed by atoms with van der Waals surface area (Å²) >= 11 is 16.5. The molecule has 1 unspecified atom stereocenters. The summed E-state index contributed by atoms with van der Waals surface area (Å²) in [6.07, 6.45) is 0.433. The number of sulfonamides is 1. The van der Waals surface area contributed by atoms with E-state index in [1.165, 1.54) is 18.2 Å². The van der Waals surface area contributed by atoms with E-state index in [1.54, 1.807) is 13.8 Å². The molecule has 0 saturated carbocycles. The summed E-state index contributed by atoms with van der Waals surface area (Å²) in [5, 5.41) is 0.450. The topological polar surface area (TPSA) is 72.2 Å². The standard InChI is InChI=1S/C11H14Cl2N2O2S2/c1-3-11(2,10(14)18)15-19(16,17)7-4-5-8(12)9(13)6-7/h4-6,15H,3H2,1-2H3,(H2,14,18). The van der Waals surface area contributed by atoms with Gasteiger partial charge in [-0.05, 0) is 31.5 Å². The van der Waals surface area contributed by atoms with Crippen molar-refractivity contribution in [3.8, 4) is 0 Å². The Morgan fingerprint density at radius 2 is 2.00 bits per heavy atom. The molecule has 0 aliphatic carbocycles. The SMILES string of the molecule is CCC(C)(NS(=O)(=O)c1ccc(Cl)c(Cl)c1)C(N)=S. The highest BCUT2D eigenvalue weighted by Crippen LogP contribution is 2.25. The number of halogens is 2. The molecule has 0 aliphatic heterocycles. The lowest BCUT2D eigenvalue weighted by Crippen LogP contribution is -2.53. The molecule has 0 aromatic heterocycles. The number of nitrogens with one attached hydrogen (secondary N) is 1. The molecule has 1 aromatic carbocycles. The maximum absolute atomic E-state index is 12.2. The van der Waals surface area contributed by atoms with Gasteiger partial charge in [-0.3, -0.25) is 0 Å². The normalized spacial score (nSPS) is 14.9. The van der Waals surface area contributed by atoms with E-state index < -0.39 is 15.6 Å².